The van der Waals surface area contributed by atoms with Gasteiger partial charge in [-0.3, -0.25) is 14.5 Å². The highest BCUT2D eigenvalue weighted by molar-refractivity contribution is 7.88. The van der Waals surface area contributed by atoms with Crippen LogP contribution in [0.5, 0.6) is 0 Å². The number of carbonyl (C=O) groups excluding carboxylic acids is 2. The van der Waals surface area contributed by atoms with Crippen molar-refractivity contribution in [2.45, 2.75) is 31.2 Å². The zero-order valence-corrected chi connectivity index (χ0v) is 14.6. The molecule has 1 spiro atoms. The molecular formula is C14H26N4O4S. The SMILES string of the molecule is CN1CCN(C(=O)CCNS(C)(=O)=O)C[C@@]12CCNC(=O)CC2. The Morgan fingerprint density at radius 1 is 1.35 bits per heavy atom. The smallest absolute Gasteiger partial charge is 0.223 e. The molecule has 2 rings (SSSR count). The van der Waals surface area contributed by atoms with E-state index in [9.17, 15) is 18.0 Å². The Balaban J connectivity index is 1.96. The summed E-state index contributed by atoms with van der Waals surface area (Å²) in [5, 5.41) is 2.89. The minimum absolute atomic E-state index is 0.0443. The van der Waals surface area contributed by atoms with E-state index in [1.807, 2.05) is 7.05 Å². The zero-order chi connectivity index (χ0) is 17.1. The summed E-state index contributed by atoms with van der Waals surface area (Å²) in [6.45, 7) is 2.74. The van der Waals surface area contributed by atoms with Crippen LogP contribution in [-0.2, 0) is 19.6 Å². The number of nitrogens with zero attached hydrogens (tertiary/aromatic N) is 2. The number of likely N-dealkylation sites (N-methyl/N-ethyl adjacent to an activating group) is 1. The van der Waals surface area contributed by atoms with Gasteiger partial charge in [-0.1, -0.05) is 0 Å². The molecule has 0 unspecified atom stereocenters. The van der Waals surface area contributed by atoms with Gasteiger partial charge in [0.1, 0.15) is 0 Å². The van der Waals surface area contributed by atoms with Crippen LogP contribution in [0.25, 0.3) is 0 Å². The number of amides is 2. The van der Waals surface area contributed by atoms with Gasteiger partial charge in [-0.05, 0) is 19.9 Å². The van der Waals surface area contributed by atoms with E-state index in [1.165, 1.54) is 0 Å². The lowest BCUT2D eigenvalue weighted by Gasteiger charge is -2.49. The van der Waals surface area contributed by atoms with Crippen molar-refractivity contribution in [2.75, 3.05) is 46.0 Å². The van der Waals surface area contributed by atoms with Crippen LogP contribution in [0.3, 0.4) is 0 Å². The molecular weight excluding hydrogens is 320 g/mol. The highest BCUT2D eigenvalue weighted by Crippen LogP contribution is 2.30. The van der Waals surface area contributed by atoms with Crippen molar-refractivity contribution in [3.05, 3.63) is 0 Å². The lowest BCUT2D eigenvalue weighted by Crippen LogP contribution is -2.62. The number of piperazine rings is 1. The van der Waals surface area contributed by atoms with Crippen LogP contribution in [0.1, 0.15) is 25.7 Å². The van der Waals surface area contributed by atoms with E-state index >= 15 is 0 Å². The van der Waals surface area contributed by atoms with Gasteiger partial charge in [0.25, 0.3) is 0 Å². The quantitative estimate of drug-likeness (QED) is 0.662. The van der Waals surface area contributed by atoms with Crippen molar-refractivity contribution in [1.82, 2.24) is 19.8 Å². The molecule has 2 N–H and O–H groups in total. The Labute approximate surface area is 137 Å². The highest BCUT2D eigenvalue weighted by Gasteiger charge is 2.41. The summed E-state index contributed by atoms with van der Waals surface area (Å²) in [4.78, 5) is 28.0. The second-order valence-corrected chi connectivity index (χ2v) is 8.31. The molecule has 1 atom stereocenters. The molecule has 23 heavy (non-hydrogen) atoms. The molecule has 0 bridgehead atoms. The fourth-order valence-corrected chi connectivity index (χ4v) is 3.78. The summed E-state index contributed by atoms with van der Waals surface area (Å²) in [7, 11) is -1.23. The molecule has 0 aromatic heterocycles. The molecule has 9 heteroatoms. The Morgan fingerprint density at radius 2 is 2.09 bits per heavy atom. The van der Waals surface area contributed by atoms with Crippen LogP contribution in [0.15, 0.2) is 0 Å². The normalized spacial score (nSPS) is 26.9. The molecule has 2 heterocycles. The Morgan fingerprint density at radius 3 is 2.78 bits per heavy atom. The fourth-order valence-electron chi connectivity index (χ4n) is 3.31. The van der Waals surface area contributed by atoms with Crippen LogP contribution in [0, 0.1) is 0 Å². The maximum Gasteiger partial charge on any atom is 0.223 e. The lowest BCUT2D eigenvalue weighted by molar-refractivity contribution is -0.136. The van der Waals surface area contributed by atoms with E-state index in [0.717, 1.165) is 25.6 Å². The number of rotatable bonds is 4. The van der Waals surface area contributed by atoms with Crippen molar-refractivity contribution in [2.24, 2.45) is 0 Å². The third-order valence-electron chi connectivity index (χ3n) is 4.79. The molecule has 8 nitrogen and oxygen atoms in total. The first-order valence-electron chi connectivity index (χ1n) is 7.92. The summed E-state index contributed by atoms with van der Waals surface area (Å²) >= 11 is 0. The van der Waals surface area contributed by atoms with Gasteiger partial charge >= 0.3 is 0 Å². The van der Waals surface area contributed by atoms with Gasteiger partial charge < -0.3 is 10.2 Å². The first-order valence-corrected chi connectivity index (χ1v) is 9.81. The number of carbonyl (C=O) groups is 2. The molecule has 132 valence electrons. The first kappa shape index (κ1) is 18.2. The van der Waals surface area contributed by atoms with Gasteiger partial charge in [-0.15, -0.1) is 0 Å². The number of sulfonamides is 1. The average Bonchev–Trinajstić information content (AvgIpc) is 2.64. The van der Waals surface area contributed by atoms with Crippen LogP contribution in [-0.4, -0.2) is 81.6 Å². The summed E-state index contributed by atoms with van der Waals surface area (Å²) in [5.41, 5.74) is -0.169. The maximum absolute atomic E-state index is 12.4. The average molecular weight is 346 g/mol. The minimum Gasteiger partial charge on any atom is -0.356 e. The molecule has 0 saturated carbocycles. The third-order valence-corrected chi connectivity index (χ3v) is 5.51. The van der Waals surface area contributed by atoms with Gasteiger partial charge in [0.05, 0.1) is 6.26 Å². The molecule has 0 aromatic carbocycles. The lowest BCUT2D eigenvalue weighted by atomic mass is 9.86. The van der Waals surface area contributed by atoms with Crippen molar-refractivity contribution >= 4 is 21.8 Å². The maximum atomic E-state index is 12.4. The summed E-state index contributed by atoms with van der Waals surface area (Å²) in [5.74, 6) is 0.0215. The van der Waals surface area contributed by atoms with Gasteiger partial charge in [0.15, 0.2) is 0 Å². The van der Waals surface area contributed by atoms with Crippen molar-refractivity contribution in [1.29, 1.82) is 0 Å². The van der Waals surface area contributed by atoms with Crippen molar-refractivity contribution in [3.63, 3.8) is 0 Å². The second-order valence-electron chi connectivity index (χ2n) is 6.48. The fraction of sp³-hybridized carbons (Fsp3) is 0.857. The van der Waals surface area contributed by atoms with Crippen LogP contribution < -0.4 is 10.0 Å². The van der Waals surface area contributed by atoms with Crippen LogP contribution in [0.2, 0.25) is 0 Å². The van der Waals surface area contributed by atoms with Crippen LogP contribution in [0.4, 0.5) is 0 Å². The van der Waals surface area contributed by atoms with E-state index in [1.54, 1.807) is 4.90 Å². The standard InChI is InChI=1S/C14H26N4O4S/c1-17-9-10-18(13(20)4-7-16-23(2,21)22)11-14(17)5-3-12(19)15-8-6-14/h16H,3-11H2,1-2H3,(H,15,19)/t14-/m1/s1. The molecule has 2 aliphatic rings. The third kappa shape index (κ3) is 4.89. The molecule has 2 aliphatic heterocycles. The minimum atomic E-state index is -3.27. The Bertz CT molecular complexity index is 565. The van der Waals surface area contributed by atoms with Crippen molar-refractivity contribution in [3.8, 4) is 0 Å². The molecule has 2 amide bonds. The molecule has 0 radical (unpaired) electrons. The van der Waals surface area contributed by atoms with Gasteiger partial charge in [0, 0.05) is 51.1 Å². The molecule has 2 fully saturated rings. The predicted molar refractivity (Wildman–Crippen MR) is 86.3 cm³/mol. The van der Waals surface area contributed by atoms with E-state index in [4.69, 9.17) is 0 Å². The summed E-state index contributed by atoms with van der Waals surface area (Å²) in [6.07, 6.45) is 3.27. The monoisotopic (exact) mass is 346 g/mol. The van der Waals surface area contributed by atoms with E-state index in [2.05, 4.69) is 14.9 Å². The topological polar surface area (TPSA) is 98.8 Å². The second kappa shape index (κ2) is 7.14. The van der Waals surface area contributed by atoms with Crippen molar-refractivity contribution < 1.29 is 18.0 Å². The molecule has 0 aliphatic carbocycles. The predicted octanol–water partition coefficient (Wildman–Crippen LogP) is -1.26. The Hall–Kier alpha value is -1.19. The molecule has 2 saturated heterocycles. The zero-order valence-electron chi connectivity index (χ0n) is 13.8. The van der Waals surface area contributed by atoms with Gasteiger partial charge in [0.2, 0.25) is 21.8 Å². The van der Waals surface area contributed by atoms with Gasteiger partial charge in [-0.2, -0.15) is 0 Å². The number of hydrogen-bond donors (Lipinski definition) is 2. The van der Waals surface area contributed by atoms with Gasteiger partial charge in [-0.25, -0.2) is 13.1 Å². The van der Waals surface area contributed by atoms with Crippen LogP contribution >= 0.6 is 0 Å². The highest BCUT2D eigenvalue weighted by atomic mass is 32.2. The Kier molecular flexibility index (Phi) is 5.64. The molecule has 0 aromatic rings. The number of hydrogen-bond acceptors (Lipinski definition) is 5. The summed E-state index contributed by atoms with van der Waals surface area (Å²) in [6, 6.07) is 0. The first-order chi connectivity index (χ1) is 10.7. The largest absolute Gasteiger partial charge is 0.356 e. The van der Waals surface area contributed by atoms with E-state index in [-0.39, 0.29) is 30.3 Å². The van der Waals surface area contributed by atoms with E-state index < -0.39 is 10.0 Å². The van der Waals surface area contributed by atoms with E-state index in [0.29, 0.717) is 26.1 Å². The number of nitrogens with one attached hydrogen (secondary N) is 2. The summed E-state index contributed by atoms with van der Waals surface area (Å²) < 4.78 is 24.5.